The molecule has 0 spiro atoms. The first-order valence-corrected chi connectivity index (χ1v) is 6.84. The minimum absolute atomic E-state index is 0.0183. The molecule has 0 saturated carbocycles. The van der Waals surface area contributed by atoms with Gasteiger partial charge in [0.05, 0.1) is 6.42 Å². The van der Waals surface area contributed by atoms with Gasteiger partial charge in [-0.15, -0.1) is 0 Å². The van der Waals surface area contributed by atoms with Crippen molar-refractivity contribution in [1.82, 2.24) is 15.5 Å². The quantitative estimate of drug-likeness (QED) is 0.681. The van der Waals surface area contributed by atoms with Gasteiger partial charge in [-0.25, -0.2) is 4.79 Å². The number of likely N-dealkylation sites (tertiary alicyclic amines) is 1. The number of nitrogens with zero attached hydrogens (tertiary/aromatic N) is 1. The summed E-state index contributed by atoms with van der Waals surface area (Å²) < 4.78 is 0. The number of carboxylic acid groups (broad SMARTS) is 1. The Morgan fingerprint density at radius 1 is 1.35 bits per heavy atom. The van der Waals surface area contributed by atoms with E-state index in [0.717, 1.165) is 6.42 Å². The van der Waals surface area contributed by atoms with E-state index in [9.17, 15) is 14.4 Å². The Morgan fingerprint density at radius 3 is 2.50 bits per heavy atom. The van der Waals surface area contributed by atoms with Gasteiger partial charge in [0.25, 0.3) is 0 Å². The maximum Gasteiger partial charge on any atom is 0.317 e. The lowest BCUT2D eigenvalue weighted by Crippen LogP contribution is -2.47. The second kappa shape index (κ2) is 7.12. The smallest absolute Gasteiger partial charge is 0.317 e. The van der Waals surface area contributed by atoms with Crippen molar-refractivity contribution in [2.75, 3.05) is 13.1 Å². The standard InChI is InChI=1S/C13H23N3O4/c1-8(2)11(6-12(18)19)15-13(20)16-5-4-10(7-16)14-9(3)17/h8,10-11H,4-7H2,1-3H3,(H,14,17)(H,15,20)(H,18,19). The van der Waals surface area contributed by atoms with Crippen molar-refractivity contribution in [3.63, 3.8) is 0 Å². The van der Waals surface area contributed by atoms with Gasteiger partial charge in [0.2, 0.25) is 5.91 Å². The SMILES string of the molecule is CC(=O)NC1CCN(C(=O)NC(CC(=O)O)C(C)C)C1. The third-order valence-corrected chi connectivity index (χ3v) is 3.39. The minimum atomic E-state index is -0.929. The zero-order chi connectivity index (χ0) is 15.3. The van der Waals surface area contributed by atoms with Crippen LogP contribution < -0.4 is 10.6 Å². The molecule has 7 heteroatoms. The number of carbonyl (C=O) groups is 3. The molecule has 1 aliphatic heterocycles. The van der Waals surface area contributed by atoms with Crippen LogP contribution in [0.5, 0.6) is 0 Å². The fourth-order valence-corrected chi connectivity index (χ4v) is 2.24. The third kappa shape index (κ3) is 5.07. The number of rotatable bonds is 5. The molecule has 0 aliphatic carbocycles. The highest BCUT2D eigenvalue weighted by atomic mass is 16.4. The lowest BCUT2D eigenvalue weighted by molar-refractivity contribution is -0.137. The predicted octanol–water partition coefficient (Wildman–Crippen LogP) is 0.406. The molecule has 0 aromatic rings. The van der Waals surface area contributed by atoms with E-state index in [2.05, 4.69) is 10.6 Å². The molecule has 3 N–H and O–H groups in total. The summed E-state index contributed by atoms with van der Waals surface area (Å²) in [6.45, 7) is 6.22. The zero-order valence-corrected chi connectivity index (χ0v) is 12.2. The number of nitrogens with one attached hydrogen (secondary N) is 2. The Balaban J connectivity index is 2.49. The first kappa shape index (κ1) is 16.3. The van der Waals surface area contributed by atoms with Crippen molar-refractivity contribution in [2.45, 2.75) is 45.7 Å². The van der Waals surface area contributed by atoms with Crippen LogP contribution in [0.1, 0.15) is 33.6 Å². The molecule has 1 heterocycles. The summed E-state index contributed by atoms with van der Waals surface area (Å²) in [5.41, 5.74) is 0. The van der Waals surface area contributed by atoms with Gasteiger partial charge in [0.1, 0.15) is 0 Å². The molecule has 3 amide bonds. The van der Waals surface area contributed by atoms with Crippen LogP contribution in [0.4, 0.5) is 4.79 Å². The number of hydrogen-bond acceptors (Lipinski definition) is 3. The van der Waals surface area contributed by atoms with Crippen molar-refractivity contribution in [1.29, 1.82) is 0 Å². The summed E-state index contributed by atoms with van der Waals surface area (Å²) in [4.78, 5) is 35.4. The monoisotopic (exact) mass is 285 g/mol. The van der Waals surface area contributed by atoms with Gasteiger partial charge in [-0.1, -0.05) is 13.8 Å². The lowest BCUT2D eigenvalue weighted by Gasteiger charge is -2.25. The molecule has 2 unspecified atom stereocenters. The fraction of sp³-hybridized carbons (Fsp3) is 0.769. The van der Waals surface area contributed by atoms with Crippen molar-refractivity contribution in [3.8, 4) is 0 Å². The number of carboxylic acids is 1. The average Bonchev–Trinajstić information content (AvgIpc) is 2.74. The van der Waals surface area contributed by atoms with E-state index in [1.807, 2.05) is 13.8 Å². The second-order valence-corrected chi connectivity index (χ2v) is 5.53. The number of carbonyl (C=O) groups excluding carboxylic acids is 2. The Morgan fingerprint density at radius 2 is 2.00 bits per heavy atom. The highest BCUT2D eigenvalue weighted by Gasteiger charge is 2.29. The predicted molar refractivity (Wildman–Crippen MR) is 73.2 cm³/mol. The van der Waals surface area contributed by atoms with Gasteiger partial charge >= 0.3 is 12.0 Å². The molecule has 1 rings (SSSR count). The van der Waals surface area contributed by atoms with E-state index in [-0.39, 0.29) is 36.4 Å². The molecule has 1 aliphatic rings. The topological polar surface area (TPSA) is 98.7 Å². The van der Waals surface area contributed by atoms with Gasteiger partial charge < -0.3 is 20.6 Å². The Bertz CT molecular complexity index is 384. The van der Waals surface area contributed by atoms with E-state index in [0.29, 0.717) is 13.1 Å². The highest BCUT2D eigenvalue weighted by Crippen LogP contribution is 2.12. The maximum atomic E-state index is 12.1. The van der Waals surface area contributed by atoms with Crippen LogP contribution in [0.25, 0.3) is 0 Å². The van der Waals surface area contributed by atoms with E-state index in [4.69, 9.17) is 5.11 Å². The van der Waals surface area contributed by atoms with Crippen LogP contribution in [-0.4, -0.2) is 53.1 Å². The van der Waals surface area contributed by atoms with E-state index in [1.54, 1.807) is 4.90 Å². The number of aliphatic carboxylic acids is 1. The third-order valence-electron chi connectivity index (χ3n) is 3.39. The van der Waals surface area contributed by atoms with Crippen LogP contribution in [0.2, 0.25) is 0 Å². The number of urea groups is 1. The first-order valence-electron chi connectivity index (χ1n) is 6.84. The summed E-state index contributed by atoms with van der Waals surface area (Å²) in [6.07, 6.45) is 0.630. The van der Waals surface area contributed by atoms with Gasteiger partial charge in [0.15, 0.2) is 0 Å². The minimum Gasteiger partial charge on any atom is -0.481 e. The van der Waals surface area contributed by atoms with E-state index < -0.39 is 5.97 Å². The van der Waals surface area contributed by atoms with Crippen LogP contribution in [0, 0.1) is 5.92 Å². The molecule has 1 fully saturated rings. The molecule has 0 aromatic carbocycles. The molecule has 0 radical (unpaired) electrons. The average molecular weight is 285 g/mol. The summed E-state index contributed by atoms with van der Waals surface area (Å²) in [7, 11) is 0. The van der Waals surface area contributed by atoms with E-state index in [1.165, 1.54) is 6.92 Å². The molecular formula is C13H23N3O4. The van der Waals surface area contributed by atoms with E-state index >= 15 is 0 Å². The van der Waals surface area contributed by atoms with Crippen molar-refractivity contribution < 1.29 is 19.5 Å². The van der Waals surface area contributed by atoms with Gasteiger partial charge in [-0.3, -0.25) is 9.59 Å². The largest absolute Gasteiger partial charge is 0.481 e. The normalized spacial score (nSPS) is 19.8. The van der Waals surface area contributed by atoms with Gasteiger partial charge in [0, 0.05) is 32.1 Å². The molecule has 114 valence electrons. The number of amides is 3. The molecule has 0 bridgehead atoms. The van der Waals surface area contributed by atoms with Crippen molar-refractivity contribution >= 4 is 17.9 Å². The van der Waals surface area contributed by atoms with Crippen molar-refractivity contribution in [3.05, 3.63) is 0 Å². The Labute approximate surface area is 118 Å². The molecule has 7 nitrogen and oxygen atoms in total. The first-order chi connectivity index (χ1) is 9.29. The molecule has 20 heavy (non-hydrogen) atoms. The highest BCUT2D eigenvalue weighted by molar-refractivity contribution is 5.77. The molecular weight excluding hydrogens is 262 g/mol. The molecule has 1 saturated heterocycles. The maximum absolute atomic E-state index is 12.1. The van der Waals surface area contributed by atoms with Gasteiger partial charge in [-0.2, -0.15) is 0 Å². The van der Waals surface area contributed by atoms with Gasteiger partial charge in [-0.05, 0) is 12.3 Å². The Kier molecular flexibility index (Phi) is 5.79. The molecule has 0 aromatic heterocycles. The van der Waals surface area contributed by atoms with Crippen LogP contribution in [0.15, 0.2) is 0 Å². The zero-order valence-electron chi connectivity index (χ0n) is 12.2. The van der Waals surface area contributed by atoms with Crippen LogP contribution in [0.3, 0.4) is 0 Å². The summed E-state index contributed by atoms with van der Waals surface area (Å²) in [5, 5.41) is 14.4. The summed E-state index contributed by atoms with van der Waals surface area (Å²) >= 11 is 0. The fourth-order valence-electron chi connectivity index (χ4n) is 2.24. The second-order valence-electron chi connectivity index (χ2n) is 5.53. The summed E-state index contributed by atoms with van der Waals surface area (Å²) in [6, 6.07) is -0.673. The summed E-state index contributed by atoms with van der Waals surface area (Å²) in [5.74, 6) is -0.992. The lowest BCUT2D eigenvalue weighted by atomic mass is 10.0. The number of hydrogen-bond donors (Lipinski definition) is 3. The molecule has 2 atom stereocenters. The Hall–Kier alpha value is -1.79. The van der Waals surface area contributed by atoms with Crippen LogP contribution in [-0.2, 0) is 9.59 Å². The van der Waals surface area contributed by atoms with Crippen LogP contribution >= 0.6 is 0 Å². The van der Waals surface area contributed by atoms with Crippen molar-refractivity contribution in [2.24, 2.45) is 5.92 Å².